The van der Waals surface area contributed by atoms with Crippen LogP contribution in [0.15, 0.2) is 28.8 Å². The van der Waals surface area contributed by atoms with E-state index >= 15 is 0 Å². The second-order valence-electron chi connectivity index (χ2n) is 6.52. The van der Waals surface area contributed by atoms with Gasteiger partial charge in [0, 0.05) is 19.7 Å². The van der Waals surface area contributed by atoms with Crippen LogP contribution in [0.25, 0.3) is 11.4 Å². The summed E-state index contributed by atoms with van der Waals surface area (Å²) in [5.74, 6) is 0.779. The smallest absolute Gasteiger partial charge is 0.248 e. The molecule has 0 aliphatic heterocycles. The Hall–Kier alpha value is -2.21. The minimum Gasteiger partial charge on any atom is -0.375 e. The zero-order chi connectivity index (χ0) is 17.0. The van der Waals surface area contributed by atoms with Gasteiger partial charge in [-0.15, -0.1) is 0 Å². The second-order valence-corrected chi connectivity index (χ2v) is 6.52. The average Bonchev–Trinajstić information content (AvgIpc) is 2.95. The number of benzene rings is 1. The van der Waals surface area contributed by atoms with Crippen LogP contribution in [0, 0.1) is 0 Å². The van der Waals surface area contributed by atoms with Crippen molar-refractivity contribution in [1.29, 1.82) is 0 Å². The Balaban J connectivity index is 2.08. The van der Waals surface area contributed by atoms with Crippen LogP contribution in [0.3, 0.4) is 0 Å². The SMILES string of the molecule is COCC(=O)N(C)Cc1nc(-c2ccc(C(C)(C)C)cc2)no1. The van der Waals surface area contributed by atoms with Crippen LogP contribution in [0.5, 0.6) is 0 Å². The van der Waals surface area contributed by atoms with Crippen molar-refractivity contribution >= 4 is 5.91 Å². The lowest BCUT2D eigenvalue weighted by atomic mass is 9.87. The maximum atomic E-state index is 11.7. The Morgan fingerprint density at radius 3 is 2.48 bits per heavy atom. The minimum atomic E-state index is -0.137. The number of hydrogen-bond acceptors (Lipinski definition) is 5. The third kappa shape index (κ3) is 4.39. The molecular formula is C17H23N3O3. The Morgan fingerprint density at radius 2 is 1.91 bits per heavy atom. The first-order chi connectivity index (χ1) is 10.8. The van der Waals surface area contributed by atoms with E-state index in [2.05, 4.69) is 43.0 Å². The quantitative estimate of drug-likeness (QED) is 0.848. The number of methoxy groups -OCH3 is 1. The van der Waals surface area contributed by atoms with Crippen molar-refractivity contribution < 1.29 is 14.1 Å². The van der Waals surface area contributed by atoms with E-state index in [1.165, 1.54) is 17.6 Å². The topological polar surface area (TPSA) is 68.5 Å². The molecule has 2 aromatic rings. The van der Waals surface area contributed by atoms with Gasteiger partial charge in [-0.1, -0.05) is 50.2 Å². The molecule has 1 heterocycles. The lowest BCUT2D eigenvalue weighted by molar-refractivity contribution is -0.134. The Labute approximate surface area is 136 Å². The molecule has 0 saturated carbocycles. The van der Waals surface area contributed by atoms with Crippen LogP contribution in [-0.4, -0.2) is 41.7 Å². The fourth-order valence-electron chi connectivity index (χ4n) is 2.08. The number of carbonyl (C=O) groups is 1. The zero-order valence-corrected chi connectivity index (χ0v) is 14.3. The van der Waals surface area contributed by atoms with Crippen molar-refractivity contribution in [2.75, 3.05) is 20.8 Å². The van der Waals surface area contributed by atoms with Crippen LogP contribution >= 0.6 is 0 Å². The molecule has 0 atom stereocenters. The predicted octanol–water partition coefficient (Wildman–Crippen LogP) is 2.64. The molecule has 0 saturated heterocycles. The first-order valence-corrected chi connectivity index (χ1v) is 7.47. The van der Waals surface area contributed by atoms with Crippen LogP contribution in [0.2, 0.25) is 0 Å². The molecule has 1 aromatic carbocycles. The summed E-state index contributed by atoms with van der Waals surface area (Å²) in [4.78, 5) is 17.5. The highest BCUT2D eigenvalue weighted by atomic mass is 16.5. The minimum absolute atomic E-state index is 0.0335. The van der Waals surface area contributed by atoms with E-state index < -0.39 is 0 Å². The van der Waals surface area contributed by atoms with Crippen molar-refractivity contribution in [3.8, 4) is 11.4 Å². The summed E-state index contributed by atoms with van der Waals surface area (Å²) in [5, 5.41) is 3.98. The second kappa shape index (κ2) is 6.91. The number of aromatic nitrogens is 2. The molecule has 0 unspecified atom stereocenters. The molecule has 0 aliphatic rings. The molecule has 0 radical (unpaired) electrons. The molecule has 124 valence electrons. The monoisotopic (exact) mass is 317 g/mol. The summed E-state index contributed by atoms with van der Waals surface area (Å²) >= 11 is 0. The van der Waals surface area contributed by atoms with Crippen LogP contribution in [0.1, 0.15) is 32.2 Å². The molecule has 23 heavy (non-hydrogen) atoms. The maximum absolute atomic E-state index is 11.7. The number of rotatable bonds is 5. The predicted molar refractivity (Wildman–Crippen MR) is 86.8 cm³/mol. The first kappa shape index (κ1) is 17.1. The van der Waals surface area contributed by atoms with Gasteiger partial charge in [-0.25, -0.2) is 0 Å². The highest BCUT2D eigenvalue weighted by Crippen LogP contribution is 2.25. The van der Waals surface area contributed by atoms with Crippen LogP contribution in [-0.2, 0) is 21.5 Å². The van der Waals surface area contributed by atoms with Gasteiger partial charge in [0.05, 0.1) is 6.54 Å². The Morgan fingerprint density at radius 1 is 1.26 bits per heavy atom. The van der Waals surface area contributed by atoms with Gasteiger partial charge < -0.3 is 14.2 Å². The third-order valence-electron chi connectivity index (χ3n) is 3.54. The van der Waals surface area contributed by atoms with E-state index in [0.717, 1.165) is 5.56 Å². The molecule has 2 rings (SSSR count). The van der Waals surface area contributed by atoms with E-state index in [9.17, 15) is 4.79 Å². The van der Waals surface area contributed by atoms with E-state index in [0.29, 0.717) is 11.7 Å². The summed E-state index contributed by atoms with van der Waals surface area (Å²) in [7, 11) is 3.15. The van der Waals surface area contributed by atoms with E-state index in [1.54, 1.807) is 7.05 Å². The molecule has 0 spiro atoms. The van der Waals surface area contributed by atoms with Crippen molar-refractivity contribution in [1.82, 2.24) is 15.0 Å². The summed E-state index contributed by atoms with van der Waals surface area (Å²) < 4.78 is 10.0. The van der Waals surface area contributed by atoms with Gasteiger partial charge in [0.25, 0.3) is 0 Å². The standard InChI is InChI=1S/C17H23N3O3/c1-17(2,3)13-8-6-12(7-9-13)16-18-14(23-19-16)10-20(4)15(21)11-22-5/h6-9H,10-11H2,1-5H3. The Bertz CT molecular complexity index is 656. The number of carbonyl (C=O) groups excluding carboxylic acids is 1. The zero-order valence-electron chi connectivity index (χ0n) is 14.3. The molecule has 6 heteroatoms. The van der Waals surface area contributed by atoms with Gasteiger partial charge in [0.2, 0.25) is 17.6 Å². The van der Waals surface area contributed by atoms with Gasteiger partial charge in [-0.05, 0) is 11.0 Å². The summed E-state index contributed by atoms with van der Waals surface area (Å²) in [6.45, 7) is 6.80. The molecule has 6 nitrogen and oxygen atoms in total. The van der Waals surface area contributed by atoms with E-state index in [4.69, 9.17) is 9.26 Å². The number of ether oxygens (including phenoxy) is 1. The van der Waals surface area contributed by atoms with Crippen molar-refractivity contribution in [3.63, 3.8) is 0 Å². The van der Waals surface area contributed by atoms with Gasteiger partial charge in [-0.2, -0.15) is 4.98 Å². The molecular weight excluding hydrogens is 294 g/mol. The van der Waals surface area contributed by atoms with Crippen LogP contribution in [0.4, 0.5) is 0 Å². The summed E-state index contributed by atoms with van der Waals surface area (Å²) in [6, 6.07) is 8.10. The molecule has 0 aliphatic carbocycles. The van der Waals surface area contributed by atoms with Gasteiger partial charge >= 0.3 is 0 Å². The van der Waals surface area contributed by atoms with Crippen LogP contribution < -0.4 is 0 Å². The number of hydrogen-bond donors (Lipinski definition) is 0. The summed E-state index contributed by atoms with van der Waals surface area (Å²) in [5.41, 5.74) is 2.24. The van der Waals surface area contributed by atoms with Gasteiger partial charge in [-0.3, -0.25) is 4.79 Å². The van der Waals surface area contributed by atoms with Crippen molar-refractivity contribution in [3.05, 3.63) is 35.7 Å². The fraction of sp³-hybridized carbons (Fsp3) is 0.471. The Kier molecular flexibility index (Phi) is 5.15. The molecule has 0 fully saturated rings. The average molecular weight is 317 g/mol. The van der Waals surface area contributed by atoms with Crippen molar-refractivity contribution in [2.45, 2.75) is 32.7 Å². The first-order valence-electron chi connectivity index (χ1n) is 7.47. The van der Waals surface area contributed by atoms with E-state index in [1.807, 2.05) is 12.1 Å². The molecule has 0 bridgehead atoms. The normalized spacial score (nSPS) is 11.5. The number of amides is 1. The largest absolute Gasteiger partial charge is 0.375 e. The highest BCUT2D eigenvalue weighted by Gasteiger charge is 2.16. The lowest BCUT2D eigenvalue weighted by Gasteiger charge is -2.18. The number of nitrogens with zero attached hydrogens (tertiary/aromatic N) is 3. The summed E-state index contributed by atoms with van der Waals surface area (Å²) in [6.07, 6.45) is 0. The third-order valence-corrected chi connectivity index (χ3v) is 3.54. The maximum Gasteiger partial charge on any atom is 0.248 e. The molecule has 1 aromatic heterocycles. The fourth-order valence-corrected chi connectivity index (χ4v) is 2.08. The van der Waals surface area contributed by atoms with Crippen molar-refractivity contribution in [2.24, 2.45) is 0 Å². The molecule has 1 amide bonds. The molecule has 0 N–H and O–H groups in total. The van der Waals surface area contributed by atoms with E-state index in [-0.39, 0.29) is 24.5 Å². The highest BCUT2D eigenvalue weighted by molar-refractivity contribution is 5.77. The number of likely N-dealkylation sites (N-methyl/N-ethyl adjacent to an activating group) is 1. The lowest BCUT2D eigenvalue weighted by Crippen LogP contribution is -2.29. The van der Waals surface area contributed by atoms with Gasteiger partial charge in [0.15, 0.2) is 0 Å². The van der Waals surface area contributed by atoms with Gasteiger partial charge in [0.1, 0.15) is 6.61 Å².